The Morgan fingerprint density at radius 2 is 2.07 bits per heavy atom. The molecular weight excluding hydrogens is 418 g/mol. The molecule has 1 aromatic carbocycles. The molecule has 0 aromatic heterocycles. The molecule has 3 unspecified atom stereocenters. The molecule has 0 saturated carbocycles. The molecule has 0 radical (unpaired) electrons. The second-order valence-corrected chi connectivity index (χ2v) is 7.57. The number of carbonyl (C=O) groups is 3. The van der Waals surface area contributed by atoms with Gasteiger partial charge in [-0.2, -0.15) is 5.06 Å². The molecule has 0 aliphatic carbocycles. The molecule has 8 nitrogen and oxygen atoms in total. The summed E-state index contributed by atoms with van der Waals surface area (Å²) >= 11 is 3.45. The summed E-state index contributed by atoms with van der Waals surface area (Å²) in [5.74, 6) is -1.08. The van der Waals surface area contributed by atoms with Gasteiger partial charge in [-0.15, -0.1) is 0 Å². The third kappa shape index (κ3) is 4.15. The van der Waals surface area contributed by atoms with Crippen LogP contribution in [-0.2, 0) is 19.2 Å². The number of nitrogens with two attached hydrogens (primary N) is 1. The quantitative estimate of drug-likeness (QED) is 0.468. The molecule has 27 heavy (non-hydrogen) atoms. The molecule has 146 valence electrons. The van der Waals surface area contributed by atoms with Crippen molar-refractivity contribution >= 4 is 33.7 Å². The molecule has 3 rings (SSSR count). The maximum Gasteiger partial charge on any atom is 0.258 e. The van der Waals surface area contributed by atoms with Gasteiger partial charge in [-0.25, -0.2) is 0 Å². The van der Waals surface area contributed by atoms with E-state index in [1.807, 2.05) is 18.2 Å². The van der Waals surface area contributed by atoms with Crippen molar-refractivity contribution in [2.75, 3.05) is 13.7 Å². The highest BCUT2D eigenvalue weighted by atomic mass is 79.9. The number of methoxy groups -OCH3 is 1. The van der Waals surface area contributed by atoms with Gasteiger partial charge in [0.2, 0.25) is 11.8 Å². The second-order valence-electron chi connectivity index (χ2n) is 6.65. The fraction of sp³-hybridized carbons (Fsp3) is 0.500. The van der Waals surface area contributed by atoms with Gasteiger partial charge in [0.25, 0.3) is 5.91 Å². The average Bonchev–Trinajstić information content (AvgIpc) is 3.12. The zero-order valence-corrected chi connectivity index (χ0v) is 16.5. The van der Waals surface area contributed by atoms with Gasteiger partial charge in [0.05, 0.1) is 19.1 Å². The van der Waals surface area contributed by atoms with E-state index in [2.05, 4.69) is 21.2 Å². The molecule has 1 aromatic rings. The topological polar surface area (TPSA) is 111 Å². The molecule has 0 bridgehead atoms. The van der Waals surface area contributed by atoms with Gasteiger partial charge in [0.1, 0.15) is 5.75 Å². The summed E-state index contributed by atoms with van der Waals surface area (Å²) in [5.41, 5.74) is 5.94. The molecule has 2 heterocycles. The third-order valence-corrected chi connectivity index (χ3v) is 5.34. The van der Waals surface area contributed by atoms with E-state index in [0.717, 1.165) is 22.9 Å². The maximum absolute atomic E-state index is 12.4. The first kappa shape index (κ1) is 19.8. The number of hydrogen-bond donors (Lipinski definition) is 2. The van der Waals surface area contributed by atoms with Gasteiger partial charge >= 0.3 is 0 Å². The van der Waals surface area contributed by atoms with Crippen molar-refractivity contribution in [2.24, 2.45) is 11.7 Å². The number of unbranched alkanes of at least 4 members (excludes halogenated alkanes) is 2. The van der Waals surface area contributed by atoms with Crippen LogP contribution in [0.25, 0.3) is 0 Å². The second kappa shape index (κ2) is 8.37. The van der Waals surface area contributed by atoms with E-state index >= 15 is 0 Å². The zero-order chi connectivity index (χ0) is 19.6. The summed E-state index contributed by atoms with van der Waals surface area (Å²) in [6.45, 7) is 0.520. The molecule has 3 amide bonds. The summed E-state index contributed by atoms with van der Waals surface area (Å²) in [6, 6.07) is 5.10. The van der Waals surface area contributed by atoms with Crippen molar-refractivity contribution < 1.29 is 24.0 Å². The number of primary amides is 1. The Hall–Kier alpha value is -1.97. The minimum absolute atomic E-state index is 0.319. The van der Waals surface area contributed by atoms with Gasteiger partial charge in [-0.1, -0.05) is 22.4 Å². The van der Waals surface area contributed by atoms with E-state index in [0.29, 0.717) is 25.1 Å². The van der Waals surface area contributed by atoms with E-state index in [9.17, 15) is 14.4 Å². The Morgan fingerprint density at radius 3 is 2.78 bits per heavy atom. The largest absolute Gasteiger partial charge is 0.496 e. The highest BCUT2D eigenvalue weighted by molar-refractivity contribution is 9.10. The lowest BCUT2D eigenvalue weighted by atomic mass is 9.90. The SMILES string of the molecule is COc1ccc(Br)cc1C1C2C(=O)NC(=O)C2ON1CCCCCC(N)=O. The lowest BCUT2D eigenvalue weighted by Gasteiger charge is -2.26. The highest BCUT2D eigenvalue weighted by Crippen LogP contribution is 2.45. The Morgan fingerprint density at radius 1 is 1.30 bits per heavy atom. The molecule has 3 N–H and O–H groups in total. The number of rotatable bonds is 8. The summed E-state index contributed by atoms with van der Waals surface area (Å²) in [6.07, 6.45) is 1.74. The summed E-state index contributed by atoms with van der Waals surface area (Å²) in [7, 11) is 1.56. The summed E-state index contributed by atoms with van der Waals surface area (Å²) in [4.78, 5) is 41.2. The number of nitrogens with one attached hydrogen (secondary N) is 1. The number of benzene rings is 1. The fourth-order valence-electron chi connectivity index (χ4n) is 3.61. The van der Waals surface area contributed by atoms with E-state index in [4.69, 9.17) is 15.3 Å². The van der Waals surface area contributed by atoms with Crippen molar-refractivity contribution in [2.45, 2.75) is 37.8 Å². The van der Waals surface area contributed by atoms with Gasteiger partial charge in [-0.3, -0.25) is 24.5 Å². The molecule has 3 atom stereocenters. The molecule has 9 heteroatoms. The van der Waals surface area contributed by atoms with Crippen LogP contribution in [-0.4, -0.2) is 42.5 Å². The van der Waals surface area contributed by atoms with Crippen LogP contribution in [0.15, 0.2) is 22.7 Å². The van der Waals surface area contributed by atoms with Gasteiger partial charge < -0.3 is 10.5 Å². The van der Waals surface area contributed by atoms with Crippen molar-refractivity contribution in [1.29, 1.82) is 0 Å². The Kier molecular flexibility index (Phi) is 6.13. The molecule has 2 fully saturated rings. The van der Waals surface area contributed by atoms with E-state index < -0.39 is 24.0 Å². The van der Waals surface area contributed by atoms with Crippen molar-refractivity contribution in [3.8, 4) is 5.75 Å². The number of carbonyl (C=O) groups excluding carboxylic acids is 3. The van der Waals surface area contributed by atoms with Crippen LogP contribution in [0, 0.1) is 5.92 Å². The Bertz CT molecular complexity index is 757. The van der Waals surface area contributed by atoms with Gasteiger partial charge in [-0.05, 0) is 31.0 Å². The van der Waals surface area contributed by atoms with E-state index in [-0.39, 0.29) is 11.8 Å². The smallest absolute Gasteiger partial charge is 0.258 e. The van der Waals surface area contributed by atoms with Gasteiger partial charge in [0.15, 0.2) is 6.10 Å². The van der Waals surface area contributed by atoms with Crippen LogP contribution in [0.5, 0.6) is 5.75 Å². The normalized spacial score (nSPS) is 24.7. The number of amides is 3. The minimum atomic E-state index is -0.836. The predicted molar refractivity (Wildman–Crippen MR) is 99.3 cm³/mol. The Labute approximate surface area is 165 Å². The number of nitrogens with zero attached hydrogens (tertiary/aromatic N) is 1. The van der Waals surface area contributed by atoms with Crippen LogP contribution in [0.2, 0.25) is 0 Å². The average molecular weight is 440 g/mol. The third-order valence-electron chi connectivity index (χ3n) is 4.85. The number of ether oxygens (including phenoxy) is 1. The first-order valence-corrected chi connectivity index (χ1v) is 9.61. The predicted octanol–water partition coefficient (Wildman–Crippen LogP) is 1.43. The summed E-state index contributed by atoms with van der Waals surface area (Å²) < 4.78 is 6.31. The maximum atomic E-state index is 12.4. The number of halogens is 1. The number of hydroxylamine groups is 2. The number of hydrogen-bond acceptors (Lipinski definition) is 6. The van der Waals surface area contributed by atoms with Crippen LogP contribution in [0.1, 0.15) is 37.3 Å². The van der Waals surface area contributed by atoms with Crippen LogP contribution in [0.4, 0.5) is 0 Å². The van der Waals surface area contributed by atoms with Gasteiger partial charge in [0, 0.05) is 23.0 Å². The molecular formula is C18H22BrN3O5. The highest BCUT2D eigenvalue weighted by Gasteiger charge is 2.56. The lowest BCUT2D eigenvalue weighted by molar-refractivity contribution is -0.174. The number of imide groups is 1. The number of fused-ring (bicyclic) bond motifs is 1. The summed E-state index contributed by atoms with van der Waals surface area (Å²) in [5, 5.41) is 4.04. The van der Waals surface area contributed by atoms with E-state index in [1.165, 1.54) is 0 Å². The fourth-order valence-corrected chi connectivity index (χ4v) is 3.99. The van der Waals surface area contributed by atoms with Crippen molar-refractivity contribution in [1.82, 2.24) is 10.4 Å². The Balaban J connectivity index is 1.82. The van der Waals surface area contributed by atoms with Crippen LogP contribution >= 0.6 is 15.9 Å². The van der Waals surface area contributed by atoms with Crippen molar-refractivity contribution in [3.05, 3.63) is 28.2 Å². The monoisotopic (exact) mass is 439 g/mol. The van der Waals surface area contributed by atoms with Crippen LogP contribution in [0.3, 0.4) is 0 Å². The first-order chi connectivity index (χ1) is 12.9. The zero-order valence-electron chi connectivity index (χ0n) is 14.9. The molecule has 2 aliphatic heterocycles. The standard InChI is InChI=1S/C18H22BrN3O5/c1-26-12-7-6-10(19)9-11(12)15-14-16(18(25)21-17(14)24)27-22(15)8-4-2-3-5-13(20)23/h6-7,9,14-16H,2-5,8H2,1H3,(H2,20,23)(H,21,24,25). The van der Waals surface area contributed by atoms with Crippen LogP contribution < -0.4 is 15.8 Å². The lowest BCUT2D eigenvalue weighted by Crippen LogP contribution is -2.34. The first-order valence-electron chi connectivity index (χ1n) is 8.82. The molecule has 2 aliphatic rings. The molecule has 0 spiro atoms. The minimum Gasteiger partial charge on any atom is -0.496 e. The van der Waals surface area contributed by atoms with Crippen molar-refractivity contribution in [3.63, 3.8) is 0 Å². The van der Waals surface area contributed by atoms with E-state index in [1.54, 1.807) is 12.2 Å². The molecule has 2 saturated heterocycles.